The molecule has 0 saturated carbocycles. The number of amides is 1. The monoisotopic (exact) mass is 485 g/mol. The van der Waals surface area contributed by atoms with Gasteiger partial charge in [-0.1, -0.05) is 62.7 Å². The lowest BCUT2D eigenvalue weighted by molar-refractivity contribution is 0.0742. The normalized spacial score (nSPS) is 11.1. The topological polar surface area (TPSA) is 47.4 Å². The Labute approximate surface area is 212 Å². The molecule has 36 heavy (non-hydrogen) atoms. The van der Waals surface area contributed by atoms with Crippen LogP contribution in [0.4, 0.5) is 4.39 Å². The maximum atomic E-state index is 14.0. The fraction of sp³-hybridized carbons (Fsp3) is 0.267. The van der Waals surface area contributed by atoms with Gasteiger partial charge in [0.1, 0.15) is 11.6 Å². The highest BCUT2D eigenvalue weighted by Gasteiger charge is 2.27. The summed E-state index contributed by atoms with van der Waals surface area (Å²) in [6, 6.07) is 23.4. The van der Waals surface area contributed by atoms with Crippen LogP contribution in [0.2, 0.25) is 0 Å². The quantitative estimate of drug-likeness (QED) is 0.250. The molecule has 0 unspecified atom stereocenters. The molecule has 0 aliphatic heterocycles. The van der Waals surface area contributed by atoms with E-state index in [2.05, 4.69) is 20.8 Å². The van der Waals surface area contributed by atoms with Gasteiger partial charge in [0.25, 0.3) is 5.91 Å². The van der Waals surface area contributed by atoms with Gasteiger partial charge in [0, 0.05) is 18.2 Å². The number of aromatic nitrogens is 2. The van der Waals surface area contributed by atoms with E-state index in [0.717, 1.165) is 28.9 Å². The predicted molar refractivity (Wildman–Crippen MR) is 140 cm³/mol. The molecular formula is C30H32FN3O2. The van der Waals surface area contributed by atoms with Gasteiger partial charge in [-0.05, 0) is 55.7 Å². The molecule has 1 heterocycles. The number of hydrogen-bond donors (Lipinski definition) is 0. The zero-order valence-corrected chi connectivity index (χ0v) is 21.2. The van der Waals surface area contributed by atoms with Crippen LogP contribution in [0.1, 0.15) is 60.3 Å². The van der Waals surface area contributed by atoms with Crippen molar-refractivity contribution < 1.29 is 13.9 Å². The van der Waals surface area contributed by atoms with Crippen LogP contribution >= 0.6 is 0 Å². The van der Waals surface area contributed by atoms with Crippen LogP contribution in [0.3, 0.4) is 0 Å². The molecule has 0 saturated heterocycles. The van der Waals surface area contributed by atoms with E-state index < -0.39 is 0 Å². The van der Waals surface area contributed by atoms with Crippen molar-refractivity contribution in [2.75, 3.05) is 6.54 Å². The predicted octanol–water partition coefficient (Wildman–Crippen LogP) is 7.29. The zero-order chi connectivity index (χ0) is 25.7. The van der Waals surface area contributed by atoms with Gasteiger partial charge in [-0.3, -0.25) is 4.79 Å². The van der Waals surface area contributed by atoms with Crippen molar-refractivity contribution in [1.29, 1.82) is 0 Å². The molecule has 0 fully saturated rings. The number of para-hydroxylation sites is 1. The second-order valence-corrected chi connectivity index (χ2v) is 9.22. The lowest BCUT2D eigenvalue weighted by Crippen LogP contribution is -2.31. The maximum Gasteiger partial charge on any atom is 0.254 e. The minimum atomic E-state index is -0.383. The van der Waals surface area contributed by atoms with Gasteiger partial charge in [-0.2, -0.15) is 5.10 Å². The number of carbonyl (C=O) groups excluding carboxylic acids is 1. The maximum absolute atomic E-state index is 14.0. The van der Waals surface area contributed by atoms with Crippen molar-refractivity contribution >= 4 is 5.91 Å². The van der Waals surface area contributed by atoms with Crippen molar-refractivity contribution in [2.45, 2.75) is 46.6 Å². The SMILES string of the molecule is CCCN(Cc1c(C(C)C)nn(-c2ccccc2)c1Oc1cccc(F)c1)C(=O)c1ccc(C)cc1. The van der Waals surface area contributed by atoms with Crippen molar-refractivity contribution in [1.82, 2.24) is 14.7 Å². The minimum Gasteiger partial charge on any atom is -0.438 e. The van der Waals surface area contributed by atoms with Crippen LogP contribution in [0.5, 0.6) is 11.6 Å². The van der Waals surface area contributed by atoms with Crippen LogP contribution in [-0.4, -0.2) is 27.1 Å². The average molecular weight is 486 g/mol. The Morgan fingerprint density at radius 2 is 1.75 bits per heavy atom. The van der Waals surface area contributed by atoms with E-state index in [1.165, 1.54) is 12.1 Å². The molecule has 1 aromatic heterocycles. The third-order valence-electron chi connectivity index (χ3n) is 5.95. The summed E-state index contributed by atoms with van der Waals surface area (Å²) in [5.41, 5.74) is 4.22. The van der Waals surface area contributed by atoms with Gasteiger partial charge in [0.05, 0.1) is 23.5 Å². The molecule has 0 aliphatic carbocycles. The van der Waals surface area contributed by atoms with Crippen LogP contribution in [-0.2, 0) is 6.54 Å². The standard InChI is InChI=1S/C30H32FN3O2/c1-5-18-33(29(35)23-16-14-22(4)15-17-23)20-27-28(21(2)3)32-34(25-11-7-6-8-12-25)30(27)36-26-13-9-10-24(31)19-26/h6-17,19,21H,5,18,20H2,1-4H3. The van der Waals surface area contributed by atoms with Gasteiger partial charge in [-0.15, -0.1) is 0 Å². The van der Waals surface area contributed by atoms with Crippen molar-refractivity contribution in [3.8, 4) is 17.3 Å². The fourth-order valence-corrected chi connectivity index (χ4v) is 4.15. The highest BCUT2D eigenvalue weighted by atomic mass is 19.1. The number of nitrogens with zero attached hydrogens (tertiary/aromatic N) is 3. The third kappa shape index (κ3) is 5.65. The highest BCUT2D eigenvalue weighted by molar-refractivity contribution is 5.94. The smallest absolute Gasteiger partial charge is 0.254 e. The number of carbonyl (C=O) groups is 1. The summed E-state index contributed by atoms with van der Waals surface area (Å²) in [6.45, 7) is 9.10. The van der Waals surface area contributed by atoms with E-state index in [1.807, 2.05) is 66.4 Å². The average Bonchev–Trinajstić information content (AvgIpc) is 3.22. The molecule has 0 spiro atoms. The van der Waals surface area contributed by atoms with Crippen molar-refractivity contribution in [3.05, 3.63) is 107 Å². The van der Waals surface area contributed by atoms with Crippen LogP contribution in [0.25, 0.3) is 5.69 Å². The van der Waals surface area contributed by atoms with E-state index in [0.29, 0.717) is 30.3 Å². The van der Waals surface area contributed by atoms with E-state index in [-0.39, 0.29) is 17.6 Å². The summed E-state index contributed by atoms with van der Waals surface area (Å²) in [5, 5.41) is 4.92. The Morgan fingerprint density at radius 3 is 2.39 bits per heavy atom. The summed E-state index contributed by atoms with van der Waals surface area (Å²) in [7, 11) is 0. The molecule has 0 N–H and O–H groups in total. The number of halogens is 1. The van der Waals surface area contributed by atoms with Crippen LogP contribution < -0.4 is 4.74 Å². The molecule has 186 valence electrons. The molecule has 0 radical (unpaired) electrons. The Morgan fingerprint density at radius 1 is 1.03 bits per heavy atom. The largest absolute Gasteiger partial charge is 0.438 e. The Balaban J connectivity index is 1.82. The van der Waals surface area contributed by atoms with Gasteiger partial charge < -0.3 is 9.64 Å². The molecule has 0 bridgehead atoms. The van der Waals surface area contributed by atoms with E-state index in [4.69, 9.17) is 9.84 Å². The van der Waals surface area contributed by atoms with E-state index >= 15 is 0 Å². The number of ether oxygens (including phenoxy) is 1. The summed E-state index contributed by atoms with van der Waals surface area (Å²) in [4.78, 5) is 15.4. The molecule has 4 rings (SSSR count). The molecular weight excluding hydrogens is 453 g/mol. The van der Waals surface area contributed by atoms with E-state index in [1.54, 1.807) is 16.8 Å². The number of rotatable bonds is 9. The fourth-order valence-electron chi connectivity index (χ4n) is 4.15. The van der Waals surface area contributed by atoms with Crippen molar-refractivity contribution in [3.63, 3.8) is 0 Å². The first-order valence-corrected chi connectivity index (χ1v) is 12.3. The lowest BCUT2D eigenvalue weighted by atomic mass is 10.0. The van der Waals surface area contributed by atoms with Gasteiger partial charge in [0.2, 0.25) is 5.88 Å². The molecule has 3 aromatic carbocycles. The number of hydrogen-bond acceptors (Lipinski definition) is 3. The first kappa shape index (κ1) is 25.2. The minimum absolute atomic E-state index is 0.0456. The zero-order valence-electron chi connectivity index (χ0n) is 21.2. The molecule has 5 nitrogen and oxygen atoms in total. The second-order valence-electron chi connectivity index (χ2n) is 9.22. The van der Waals surface area contributed by atoms with Gasteiger partial charge in [0.15, 0.2) is 0 Å². The molecule has 1 amide bonds. The Kier molecular flexibility index (Phi) is 7.84. The molecule has 0 atom stereocenters. The molecule has 4 aromatic rings. The van der Waals surface area contributed by atoms with Crippen LogP contribution in [0, 0.1) is 12.7 Å². The summed E-state index contributed by atoms with van der Waals surface area (Å²) in [5.74, 6) is 0.503. The molecule has 0 aliphatic rings. The molecule has 6 heteroatoms. The summed E-state index contributed by atoms with van der Waals surface area (Å²) in [6.07, 6.45) is 0.807. The number of benzene rings is 3. The lowest BCUT2D eigenvalue weighted by Gasteiger charge is -2.23. The summed E-state index contributed by atoms with van der Waals surface area (Å²) < 4.78 is 22.1. The first-order valence-electron chi connectivity index (χ1n) is 12.3. The van der Waals surface area contributed by atoms with Crippen LogP contribution in [0.15, 0.2) is 78.9 Å². The van der Waals surface area contributed by atoms with E-state index in [9.17, 15) is 9.18 Å². The van der Waals surface area contributed by atoms with Crippen molar-refractivity contribution in [2.24, 2.45) is 0 Å². The Hall–Kier alpha value is -3.93. The number of aryl methyl sites for hydroxylation is 1. The van der Waals surface area contributed by atoms with Gasteiger partial charge in [-0.25, -0.2) is 9.07 Å². The highest BCUT2D eigenvalue weighted by Crippen LogP contribution is 2.35. The second kappa shape index (κ2) is 11.2. The first-order chi connectivity index (χ1) is 17.4. The van der Waals surface area contributed by atoms with Gasteiger partial charge >= 0.3 is 0 Å². The summed E-state index contributed by atoms with van der Waals surface area (Å²) >= 11 is 0. The Bertz CT molecular complexity index is 1310. The third-order valence-corrected chi connectivity index (χ3v) is 5.95.